The molecule has 1 aromatic carbocycles. The minimum Gasteiger partial charge on any atom is -0.384 e. The van der Waals surface area contributed by atoms with Crippen molar-refractivity contribution in [3.05, 3.63) is 34.5 Å². The van der Waals surface area contributed by atoms with Crippen molar-refractivity contribution in [3.63, 3.8) is 0 Å². The van der Waals surface area contributed by atoms with Gasteiger partial charge in [-0.3, -0.25) is 4.72 Å². The molecule has 1 aliphatic rings. The van der Waals surface area contributed by atoms with Crippen LogP contribution in [0.15, 0.2) is 28.6 Å². The van der Waals surface area contributed by atoms with Gasteiger partial charge in [0, 0.05) is 24.2 Å². The Morgan fingerprint density at radius 1 is 1.44 bits per heavy atom. The van der Waals surface area contributed by atoms with E-state index in [1.165, 1.54) is 12.6 Å². The van der Waals surface area contributed by atoms with Crippen molar-refractivity contribution in [1.29, 1.82) is 0 Å². The number of benzene rings is 1. The molecular weight excluding hydrogens is 387 g/mol. The minimum absolute atomic E-state index is 0.153. The van der Waals surface area contributed by atoms with E-state index in [9.17, 15) is 12.8 Å². The fourth-order valence-electron chi connectivity index (χ4n) is 2.70. The smallest absolute Gasteiger partial charge is 0.266 e. The van der Waals surface area contributed by atoms with Crippen LogP contribution in [0.5, 0.6) is 0 Å². The predicted octanol–water partition coefficient (Wildman–Crippen LogP) is 3.29. The highest BCUT2D eigenvalue weighted by atomic mass is 35.5. The Morgan fingerprint density at radius 2 is 2.28 bits per heavy atom. The predicted molar refractivity (Wildman–Crippen MR) is 98.5 cm³/mol. The average Bonchev–Trinajstić information content (AvgIpc) is 3.23. The molecule has 1 atom stereocenters. The van der Waals surface area contributed by atoms with E-state index in [4.69, 9.17) is 11.6 Å². The molecule has 0 aliphatic carbocycles. The second-order valence-corrected chi connectivity index (χ2v) is 8.67. The third-order valence-electron chi connectivity index (χ3n) is 3.94. The van der Waals surface area contributed by atoms with Gasteiger partial charge in [-0.15, -0.1) is 11.3 Å². The molecule has 1 fully saturated rings. The molecule has 2 aromatic rings. The van der Waals surface area contributed by atoms with Crippen LogP contribution in [-0.2, 0) is 10.0 Å². The van der Waals surface area contributed by atoms with Crippen LogP contribution >= 0.6 is 22.9 Å². The lowest BCUT2D eigenvalue weighted by Crippen LogP contribution is -2.24. The van der Waals surface area contributed by atoms with Crippen molar-refractivity contribution < 1.29 is 12.8 Å². The Bertz CT molecular complexity index is 824. The molecule has 2 heterocycles. The number of hydrogen-bond acceptors (Lipinski definition) is 6. The largest absolute Gasteiger partial charge is 0.384 e. The van der Waals surface area contributed by atoms with E-state index in [2.05, 4.69) is 20.3 Å². The normalized spacial score (nSPS) is 17.6. The zero-order valence-electron chi connectivity index (χ0n) is 13.3. The van der Waals surface area contributed by atoms with Crippen molar-refractivity contribution in [2.45, 2.75) is 30.2 Å². The molecule has 25 heavy (non-hydrogen) atoms. The number of rotatable bonds is 7. The van der Waals surface area contributed by atoms with Gasteiger partial charge in [-0.05, 0) is 37.9 Å². The van der Waals surface area contributed by atoms with E-state index >= 15 is 0 Å². The van der Waals surface area contributed by atoms with Crippen LogP contribution in [0, 0.1) is 5.82 Å². The fourth-order valence-corrected chi connectivity index (χ4v) is 4.87. The first-order valence-corrected chi connectivity index (χ1v) is 10.6. The van der Waals surface area contributed by atoms with Gasteiger partial charge in [0.05, 0.1) is 10.7 Å². The van der Waals surface area contributed by atoms with Gasteiger partial charge >= 0.3 is 0 Å². The van der Waals surface area contributed by atoms with Gasteiger partial charge in [0.2, 0.25) is 0 Å². The Balaban J connectivity index is 1.70. The Hall–Kier alpha value is -1.42. The summed E-state index contributed by atoms with van der Waals surface area (Å²) in [7, 11) is -4.09. The lowest BCUT2D eigenvalue weighted by atomic mass is 10.1. The topological polar surface area (TPSA) is 83.1 Å². The van der Waals surface area contributed by atoms with Crippen LogP contribution in [0.1, 0.15) is 19.3 Å². The summed E-state index contributed by atoms with van der Waals surface area (Å²) < 4.78 is 41.2. The van der Waals surface area contributed by atoms with E-state index in [0.29, 0.717) is 18.3 Å². The maximum absolute atomic E-state index is 14.3. The highest BCUT2D eigenvalue weighted by molar-refractivity contribution is 7.93. The summed E-state index contributed by atoms with van der Waals surface area (Å²) in [5.41, 5.74) is 0.380. The lowest BCUT2D eigenvalue weighted by Gasteiger charge is -2.14. The summed E-state index contributed by atoms with van der Waals surface area (Å²) in [6.07, 6.45) is 4.64. The SMILES string of the molecule is O=S(=O)(Nc1nccs1)c1cc(Cl)c(NCCC2CCCN2)cc1F. The Morgan fingerprint density at radius 3 is 2.96 bits per heavy atom. The first kappa shape index (κ1) is 18.4. The quantitative estimate of drug-likeness (QED) is 0.659. The summed E-state index contributed by atoms with van der Waals surface area (Å²) in [6.45, 7) is 1.65. The zero-order valence-corrected chi connectivity index (χ0v) is 15.6. The third-order valence-corrected chi connectivity index (χ3v) is 6.42. The first-order chi connectivity index (χ1) is 12.0. The van der Waals surface area contributed by atoms with E-state index in [0.717, 1.165) is 42.9 Å². The molecule has 3 N–H and O–H groups in total. The average molecular weight is 405 g/mol. The van der Waals surface area contributed by atoms with Crippen LogP contribution in [-0.4, -0.2) is 32.5 Å². The molecule has 1 unspecified atom stereocenters. The molecule has 6 nitrogen and oxygen atoms in total. The summed E-state index contributed by atoms with van der Waals surface area (Å²) in [5.74, 6) is -0.866. The number of nitrogens with one attached hydrogen (secondary N) is 3. The monoisotopic (exact) mass is 404 g/mol. The molecule has 3 rings (SSSR count). The summed E-state index contributed by atoms with van der Waals surface area (Å²) in [6, 6.07) is 2.68. The van der Waals surface area contributed by atoms with E-state index in [1.807, 2.05) is 0 Å². The summed E-state index contributed by atoms with van der Waals surface area (Å²) in [5, 5.41) is 8.39. The van der Waals surface area contributed by atoms with E-state index in [1.54, 1.807) is 5.38 Å². The van der Waals surface area contributed by atoms with Gasteiger partial charge < -0.3 is 10.6 Å². The number of aromatic nitrogens is 1. The number of hydrogen-bond donors (Lipinski definition) is 3. The van der Waals surface area contributed by atoms with Gasteiger partial charge in [0.15, 0.2) is 5.13 Å². The molecule has 0 saturated carbocycles. The molecule has 1 aromatic heterocycles. The van der Waals surface area contributed by atoms with Crippen molar-refractivity contribution >= 4 is 43.8 Å². The fraction of sp³-hybridized carbons (Fsp3) is 0.400. The summed E-state index contributed by atoms with van der Waals surface area (Å²) in [4.78, 5) is 3.33. The Kier molecular flexibility index (Phi) is 5.78. The molecule has 136 valence electrons. The number of anilines is 2. The number of thiazole rings is 1. The molecule has 0 spiro atoms. The molecule has 0 bridgehead atoms. The van der Waals surface area contributed by atoms with Gasteiger partial charge in [0.1, 0.15) is 10.7 Å². The van der Waals surface area contributed by atoms with Crippen molar-refractivity contribution in [2.24, 2.45) is 0 Å². The minimum atomic E-state index is -4.09. The number of halogens is 2. The zero-order chi connectivity index (χ0) is 17.9. The highest BCUT2D eigenvalue weighted by Gasteiger charge is 2.22. The van der Waals surface area contributed by atoms with Gasteiger partial charge in [-0.1, -0.05) is 11.6 Å². The van der Waals surface area contributed by atoms with Crippen molar-refractivity contribution in [2.75, 3.05) is 23.1 Å². The van der Waals surface area contributed by atoms with Crippen LogP contribution in [0.2, 0.25) is 5.02 Å². The van der Waals surface area contributed by atoms with E-state index < -0.39 is 20.7 Å². The number of nitrogens with zero attached hydrogens (tertiary/aromatic N) is 1. The second kappa shape index (κ2) is 7.86. The molecule has 0 radical (unpaired) electrons. The standard InChI is InChI=1S/C15H18ClFN4O2S2/c16-11-8-14(25(22,23)21-15-20-6-7-24-15)12(17)9-13(11)19-5-3-10-2-1-4-18-10/h6-10,18-19H,1-5H2,(H,20,21). The van der Waals surface area contributed by atoms with Crippen LogP contribution in [0.25, 0.3) is 0 Å². The molecule has 0 amide bonds. The number of sulfonamides is 1. The van der Waals surface area contributed by atoms with Crippen LogP contribution in [0.3, 0.4) is 0 Å². The molecule has 1 aliphatic heterocycles. The molecular formula is C15H18ClFN4O2S2. The van der Waals surface area contributed by atoms with Gasteiger partial charge in [0.25, 0.3) is 10.0 Å². The maximum Gasteiger partial charge on any atom is 0.266 e. The van der Waals surface area contributed by atoms with Crippen molar-refractivity contribution in [3.8, 4) is 0 Å². The van der Waals surface area contributed by atoms with Crippen LogP contribution < -0.4 is 15.4 Å². The van der Waals surface area contributed by atoms with Crippen LogP contribution in [0.4, 0.5) is 15.2 Å². The lowest BCUT2D eigenvalue weighted by molar-refractivity contribution is 0.568. The highest BCUT2D eigenvalue weighted by Crippen LogP contribution is 2.29. The first-order valence-electron chi connectivity index (χ1n) is 7.84. The maximum atomic E-state index is 14.3. The summed E-state index contributed by atoms with van der Waals surface area (Å²) >= 11 is 7.24. The molecule has 1 saturated heterocycles. The van der Waals surface area contributed by atoms with Crippen molar-refractivity contribution in [1.82, 2.24) is 10.3 Å². The third kappa shape index (κ3) is 4.60. The van der Waals surface area contributed by atoms with Gasteiger partial charge in [-0.2, -0.15) is 0 Å². The molecule has 10 heteroatoms. The second-order valence-electron chi connectivity index (χ2n) is 5.71. The van der Waals surface area contributed by atoms with Gasteiger partial charge in [-0.25, -0.2) is 17.8 Å². The van der Waals surface area contributed by atoms with E-state index in [-0.39, 0.29) is 10.2 Å². The Labute approximate surface area is 154 Å².